The first-order chi connectivity index (χ1) is 9.31. The number of Topliss-reactive ketones (excluding diaryl/α,β-unsaturated/α-hetero) is 1. The van der Waals surface area contributed by atoms with Crippen LogP contribution in [0, 0.1) is 0 Å². The zero-order chi connectivity index (χ0) is 14.9. The normalized spacial score (nSPS) is 14.9. The number of anilines is 1. The molecule has 0 aliphatic carbocycles. The van der Waals surface area contributed by atoms with Crippen LogP contribution in [0.4, 0.5) is 5.69 Å². The van der Waals surface area contributed by atoms with E-state index in [4.69, 9.17) is 0 Å². The number of halogens is 1. The summed E-state index contributed by atoms with van der Waals surface area (Å²) in [7, 11) is 0. The highest BCUT2D eigenvalue weighted by atomic mass is 79.9. The van der Waals surface area contributed by atoms with Crippen LogP contribution in [0.15, 0.2) is 22.7 Å². The maximum Gasteiger partial charge on any atom is 0.299 e. The number of amides is 1. The molecule has 0 spiro atoms. The zero-order valence-corrected chi connectivity index (χ0v) is 13.6. The highest BCUT2D eigenvalue weighted by Gasteiger charge is 2.36. The minimum absolute atomic E-state index is 0.0589. The van der Waals surface area contributed by atoms with Gasteiger partial charge in [-0.1, -0.05) is 6.07 Å². The Morgan fingerprint density at radius 2 is 1.95 bits per heavy atom. The molecule has 0 bridgehead atoms. The Hall–Kier alpha value is -1.20. The molecule has 1 aromatic rings. The van der Waals surface area contributed by atoms with Gasteiger partial charge in [0.25, 0.3) is 11.7 Å². The third-order valence-corrected chi connectivity index (χ3v) is 3.79. The number of carbonyl (C=O) groups excluding carboxylic acids is 2. The van der Waals surface area contributed by atoms with Crippen molar-refractivity contribution < 1.29 is 9.59 Å². The molecule has 0 saturated heterocycles. The minimum Gasteiger partial charge on any atom is -0.312 e. The molecule has 1 aliphatic rings. The molecule has 1 amide bonds. The van der Waals surface area contributed by atoms with E-state index < -0.39 is 11.7 Å². The lowest BCUT2D eigenvalue weighted by Crippen LogP contribution is -2.38. The first kappa shape index (κ1) is 15.2. The smallest absolute Gasteiger partial charge is 0.299 e. The average Bonchev–Trinajstić information content (AvgIpc) is 2.60. The molecule has 2 rings (SSSR count). The van der Waals surface area contributed by atoms with E-state index in [-0.39, 0.29) is 5.54 Å². The molecule has 20 heavy (non-hydrogen) atoms. The quantitative estimate of drug-likeness (QED) is 0.678. The molecule has 0 fully saturated rings. The molecule has 0 atom stereocenters. The molecule has 0 radical (unpaired) electrons. The van der Waals surface area contributed by atoms with Crippen molar-refractivity contribution in [3.8, 4) is 0 Å². The number of benzene rings is 1. The van der Waals surface area contributed by atoms with Crippen LogP contribution in [0.5, 0.6) is 0 Å². The van der Waals surface area contributed by atoms with E-state index in [1.54, 1.807) is 17.0 Å². The Morgan fingerprint density at radius 1 is 1.25 bits per heavy atom. The molecule has 0 aromatic heterocycles. The van der Waals surface area contributed by atoms with Gasteiger partial charge in [-0.3, -0.25) is 9.59 Å². The van der Waals surface area contributed by atoms with Crippen molar-refractivity contribution in [2.24, 2.45) is 0 Å². The number of hydrogen-bond acceptors (Lipinski definition) is 3. The van der Waals surface area contributed by atoms with Gasteiger partial charge >= 0.3 is 0 Å². The predicted molar refractivity (Wildman–Crippen MR) is 83.2 cm³/mol. The van der Waals surface area contributed by atoms with Gasteiger partial charge in [-0.05, 0) is 61.8 Å². The number of hydrogen-bond donors (Lipinski definition) is 1. The average molecular weight is 339 g/mol. The van der Waals surface area contributed by atoms with Gasteiger partial charge in [0.15, 0.2) is 0 Å². The van der Waals surface area contributed by atoms with Crippen molar-refractivity contribution >= 4 is 33.3 Å². The van der Waals surface area contributed by atoms with Crippen LogP contribution in [0.1, 0.15) is 37.6 Å². The van der Waals surface area contributed by atoms with Gasteiger partial charge in [0, 0.05) is 16.6 Å². The summed E-state index contributed by atoms with van der Waals surface area (Å²) in [5.74, 6) is -0.840. The van der Waals surface area contributed by atoms with Crippen molar-refractivity contribution in [3.63, 3.8) is 0 Å². The number of ketones is 1. The first-order valence-corrected chi connectivity index (χ1v) is 7.50. The van der Waals surface area contributed by atoms with Gasteiger partial charge in [0.1, 0.15) is 0 Å². The molecule has 1 heterocycles. The van der Waals surface area contributed by atoms with Crippen molar-refractivity contribution in [3.05, 3.63) is 28.2 Å². The monoisotopic (exact) mass is 338 g/mol. The van der Waals surface area contributed by atoms with Crippen LogP contribution in [0.3, 0.4) is 0 Å². The van der Waals surface area contributed by atoms with Gasteiger partial charge in [-0.2, -0.15) is 0 Å². The van der Waals surface area contributed by atoms with Gasteiger partial charge in [0.05, 0.1) is 11.3 Å². The topological polar surface area (TPSA) is 49.4 Å². The second-order valence-electron chi connectivity index (χ2n) is 5.95. The van der Waals surface area contributed by atoms with E-state index in [0.29, 0.717) is 17.8 Å². The minimum atomic E-state index is -0.428. The molecular weight excluding hydrogens is 320 g/mol. The zero-order valence-electron chi connectivity index (χ0n) is 12.0. The Kier molecular flexibility index (Phi) is 4.30. The maximum absolute atomic E-state index is 12.0. The predicted octanol–water partition coefficient (Wildman–Crippen LogP) is 2.76. The lowest BCUT2D eigenvalue weighted by atomic mass is 10.1. The van der Waals surface area contributed by atoms with Crippen molar-refractivity contribution in [1.82, 2.24) is 5.32 Å². The lowest BCUT2D eigenvalue weighted by molar-refractivity contribution is -0.114. The number of rotatable bonds is 4. The summed E-state index contributed by atoms with van der Waals surface area (Å²) >= 11 is 3.42. The standard InChI is InChI=1S/C15H19BrN2O2/c1-15(2,3)17-8-5-9-18-12-10(13(19)14(18)20)6-4-7-11(12)16/h4,6-7,17H,5,8-9H2,1-3H3. The van der Waals surface area contributed by atoms with Crippen LogP contribution in [0.25, 0.3) is 0 Å². The van der Waals surface area contributed by atoms with Gasteiger partial charge in [-0.15, -0.1) is 0 Å². The third kappa shape index (κ3) is 3.10. The van der Waals surface area contributed by atoms with Crippen LogP contribution in [-0.2, 0) is 4.79 Å². The first-order valence-electron chi connectivity index (χ1n) is 6.71. The van der Waals surface area contributed by atoms with Crippen molar-refractivity contribution in [2.75, 3.05) is 18.0 Å². The summed E-state index contributed by atoms with van der Waals surface area (Å²) in [5.41, 5.74) is 1.26. The van der Waals surface area contributed by atoms with Crippen LogP contribution in [0.2, 0.25) is 0 Å². The number of nitrogens with one attached hydrogen (secondary N) is 1. The molecular formula is C15H19BrN2O2. The van der Waals surface area contributed by atoms with Crippen LogP contribution < -0.4 is 10.2 Å². The Bertz CT molecular complexity index is 549. The molecule has 108 valence electrons. The van der Waals surface area contributed by atoms with Crippen molar-refractivity contribution in [1.29, 1.82) is 0 Å². The fourth-order valence-electron chi connectivity index (χ4n) is 2.23. The highest BCUT2D eigenvalue weighted by molar-refractivity contribution is 9.10. The second-order valence-corrected chi connectivity index (χ2v) is 6.81. The third-order valence-electron chi connectivity index (χ3n) is 3.15. The second kappa shape index (κ2) is 5.66. The summed E-state index contributed by atoms with van der Waals surface area (Å²) in [6, 6.07) is 5.33. The molecule has 1 aliphatic heterocycles. The summed E-state index contributed by atoms with van der Waals surface area (Å²) in [5, 5.41) is 3.38. The Morgan fingerprint density at radius 3 is 2.60 bits per heavy atom. The summed E-state index contributed by atoms with van der Waals surface area (Å²) in [4.78, 5) is 25.5. The molecule has 1 N–H and O–H groups in total. The Balaban J connectivity index is 2.07. The largest absolute Gasteiger partial charge is 0.312 e. The molecule has 1 aromatic carbocycles. The van der Waals surface area contributed by atoms with E-state index in [9.17, 15) is 9.59 Å². The summed E-state index contributed by atoms with van der Waals surface area (Å²) in [6.07, 6.45) is 0.803. The molecule has 0 saturated carbocycles. The van der Waals surface area contributed by atoms with Gasteiger partial charge in [-0.25, -0.2) is 0 Å². The molecule has 0 unspecified atom stereocenters. The number of fused-ring (bicyclic) bond motifs is 1. The summed E-state index contributed by atoms with van der Waals surface area (Å²) < 4.78 is 0.790. The van der Waals surface area contributed by atoms with E-state index >= 15 is 0 Å². The highest BCUT2D eigenvalue weighted by Crippen LogP contribution is 2.35. The van der Waals surface area contributed by atoms with Crippen molar-refractivity contribution in [2.45, 2.75) is 32.7 Å². The maximum atomic E-state index is 12.0. The Labute approximate surface area is 127 Å². The van der Waals surface area contributed by atoms with Gasteiger partial charge in [0.2, 0.25) is 0 Å². The number of nitrogens with zero attached hydrogens (tertiary/aromatic N) is 1. The van der Waals surface area contributed by atoms with Gasteiger partial charge < -0.3 is 10.2 Å². The van der Waals surface area contributed by atoms with E-state index in [1.807, 2.05) is 6.07 Å². The lowest BCUT2D eigenvalue weighted by Gasteiger charge is -2.22. The van der Waals surface area contributed by atoms with Crippen LogP contribution in [-0.4, -0.2) is 30.3 Å². The van der Waals surface area contributed by atoms with Crippen LogP contribution >= 0.6 is 15.9 Å². The summed E-state index contributed by atoms with van der Waals surface area (Å²) in [6.45, 7) is 7.65. The van der Waals surface area contributed by atoms with E-state index in [1.165, 1.54) is 0 Å². The number of para-hydroxylation sites is 1. The molecule has 5 heteroatoms. The van der Waals surface area contributed by atoms with E-state index in [2.05, 4.69) is 42.0 Å². The van der Waals surface area contributed by atoms with E-state index in [0.717, 1.165) is 17.4 Å². The fourth-order valence-corrected chi connectivity index (χ4v) is 2.81. The molecule has 4 nitrogen and oxygen atoms in total. The SMILES string of the molecule is CC(C)(C)NCCCN1C(=O)C(=O)c2cccc(Br)c21. The number of carbonyl (C=O) groups is 2. The fraction of sp³-hybridized carbons (Fsp3) is 0.467.